The van der Waals surface area contributed by atoms with Crippen LogP contribution in [0, 0.1) is 10.1 Å². The normalized spacial score (nSPS) is 11.7. The summed E-state index contributed by atoms with van der Waals surface area (Å²) in [5, 5.41) is 17.5. The van der Waals surface area contributed by atoms with Gasteiger partial charge in [0.05, 0.1) is 12.0 Å². The summed E-state index contributed by atoms with van der Waals surface area (Å²) in [5.74, 6) is -0.458. The molecule has 1 unspecified atom stereocenters. The Balaban J connectivity index is 2.17. The number of ether oxygens (including phenoxy) is 1. The van der Waals surface area contributed by atoms with Gasteiger partial charge in [-0.3, -0.25) is 14.9 Å². The molecule has 0 bridgehead atoms. The predicted octanol–water partition coefficient (Wildman–Crippen LogP) is 2.00. The highest BCUT2D eigenvalue weighted by Crippen LogP contribution is 2.26. The van der Waals surface area contributed by atoms with E-state index >= 15 is 0 Å². The minimum Gasteiger partial charge on any atom is -0.475 e. The minimum absolute atomic E-state index is 0.126. The topological polar surface area (TPSA) is 99.3 Å². The summed E-state index contributed by atoms with van der Waals surface area (Å²) in [4.78, 5) is 22.4. The molecule has 0 spiro atoms. The smallest absolute Gasteiger partial charge is 0.350 e. The molecule has 1 atom stereocenters. The highest BCUT2D eigenvalue weighted by Gasteiger charge is 2.25. The first-order valence-corrected chi connectivity index (χ1v) is 6.16. The lowest BCUT2D eigenvalue weighted by Gasteiger charge is -2.12. The summed E-state index contributed by atoms with van der Waals surface area (Å²) in [6, 6.07) is 8.20. The van der Waals surface area contributed by atoms with Crippen LogP contribution in [0.15, 0.2) is 36.5 Å². The number of aromatic nitrogens is 2. The van der Waals surface area contributed by atoms with Gasteiger partial charge in [0.25, 0.3) is 0 Å². The lowest BCUT2D eigenvalue weighted by molar-refractivity contribution is -0.385. The van der Waals surface area contributed by atoms with Gasteiger partial charge in [0.2, 0.25) is 5.91 Å². The Kier molecular flexibility index (Phi) is 4.17. The number of hydrogen-bond acceptors (Lipinski definition) is 5. The van der Waals surface area contributed by atoms with E-state index in [1.165, 1.54) is 18.0 Å². The van der Waals surface area contributed by atoms with Gasteiger partial charge in [-0.2, -0.15) is 0 Å². The fourth-order valence-electron chi connectivity index (χ4n) is 1.72. The van der Waals surface area contributed by atoms with Crippen LogP contribution in [0.4, 0.5) is 11.4 Å². The Morgan fingerprint density at radius 3 is 2.62 bits per heavy atom. The lowest BCUT2D eigenvalue weighted by Crippen LogP contribution is -2.24. The van der Waals surface area contributed by atoms with Gasteiger partial charge in [0.1, 0.15) is 12.2 Å². The van der Waals surface area contributed by atoms with Crippen LogP contribution in [0.5, 0.6) is 5.88 Å². The number of benzene rings is 1. The minimum atomic E-state index is -0.715. The third-order valence-electron chi connectivity index (χ3n) is 2.89. The highest BCUT2D eigenvalue weighted by atomic mass is 16.6. The summed E-state index contributed by atoms with van der Waals surface area (Å²) in [7, 11) is 1.29. The molecule has 0 saturated heterocycles. The van der Waals surface area contributed by atoms with E-state index < -0.39 is 11.0 Å². The maximum atomic E-state index is 12.1. The second-order valence-corrected chi connectivity index (χ2v) is 4.29. The number of carbonyl (C=O) groups excluding carboxylic acids is 1. The van der Waals surface area contributed by atoms with Crippen molar-refractivity contribution in [3.63, 3.8) is 0 Å². The molecule has 1 heterocycles. The summed E-state index contributed by atoms with van der Waals surface area (Å²) in [6.45, 7) is 1.59. The number of methoxy groups -OCH3 is 1. The van der Waals surface area contributed by atoms with Gasteiger partial charge in [-0.1, -0.05) is 18.2 Å². The maximum Gasteiger partial charge on any atom is 0.350 e. The molecule has 8 nitrogen and oxygen atoms in total. The van der Waals surface area contributed by atoms with E-state index in [0.29, 0.717) is 5.69 Å². The summed E-state index contributed by atoms with van der Waals surface area (Å²) < 4.78 is 6.03. The van der Waals surface area contributed by atoms with Gasteiger partial charge in [0, 0.05) is 5.69 Å². The zero-order chi connectivity index (χ0) is 15.4. The van der Waals surface area contributed by atoms with Crippen molar-refractivity contribution in [1.82, 2.24) is 9.78 Å². The van der Waals surface area contributed by atoms with Crippen LogP contribution < -0.4 is 10.1 Å². The first-order valence-electron chi connectivity index (χ1n) is 6.16. The number of nitrogens with zero attached hydrogens (tertiary/aromatic N) is 3. The third-order valence-corrected chi connectivity index (χ3v) is 2.89. The molecule has 110 valence electrons. The van der Waals surface area contributed by atoms with Crippen molar-refractivity contribution in [2.75, 3.05) is 12.4 Å². The largest absolute Gasteiger partial charge is 0.475 e. The molecule has 1 aromatic heterocycles. The second-order valence-electron chi connectivity index (χ2n) is 4.29. The molecule has 21 heavy (non-hydrogen) atoms. The van der Waals surface area contributed by atoms with E-state index in [1.807, 2.05) is 6.07 Å². The van der Waals surface area contributed by atoms with Crippen molar-refractivity contribution in [2.24, 2.45) is 0 Å². The first kappa shape index (κ1) is 14.5. The van der Waals surface area contributed by atoms with Gasteiger partial charge in [-0.25, -0.2) is 4.68 Å². The van der Waals surface area contributed by atoms with Gasteiger partial charge < -0.3 is 10.1 Å². The number of amides is 1. The van der Waals surface area contributed by atoms with Crippen LogP contribution in [0.2, 0.25) is 0 Å². The monoisotopic (exact) mass is 290 g/mol. The maximum absolute atomic E-state index is 12.1. The van der Waals surface area contributed by atoms with Gasteiger partial charge in [-0.15, -0.1) is 5.10 Å². The van der Waals surface area contributed by atoms with Gasteiger partial charge >= 0.3 is 11.6 Å². The number of nitro groups is 1. The van der Waals surface area contributed by atoms with Crippen LogP contribution in [0.3, 0.4) is 0 Å². The third kappa shape index (κ3) is 3.16. The van der Waals surface area contributed by atoms with Crippen LogP contribution >= 0.6 is 0 Å². The van der Waals surface area contributed by atoms with Crippen LogP contribution in [0.1, 0.15) is 13.0 Å². The average Bonchev–Trinajstić information content (AvgIpc) is 2.92. The molecule has 1 amide bonds. The quantitative estimate of drug-likeness (QED) is 0.670. The van der Waals surface area contributed by atoms with E-state index in [-0.39, 0.29) is 17.5 Å². The number of hydrogen-bond donors (Lipinski definition) is 1. The average molecular weight is 290 g/mol. The van der Waals surface area contributed by atoms with E-state index in [2.05, 4.69) is 10.4 Å². The Bertz CT molecular complexity index is 653. The molecular weight excluding hydrogens is 276 g/mol. The molecule has 0 radical (unpaired) electrons. The molecule has 0 aliphatic heterocycles. The van der Waals surface area contributed by atoms with Crippen molar-refractivity contribution in [3.05, 3.63) is 46.6 Å². The van der Waals surface area contributed by atoms with Gasteiger partial charge in [0.15, 0.2) is 0 Å². The summed E-state index contributed by atoms with van der Waals surface area (Å²) in [5.41, 5.74) is 0.361. The fraction of sp³-hybridized carbons (Fsp3) is 0.231. The summed E-state index contributed by atoms with van der Waals surface area (Å²) in [6.07, 6.45) is 1.17. The Labute approximate surface area is 120 Å². The van der Waals surface area contributed by atoms with E-state index in [0.717, 1.165) is 0 Å². The van der Waals surface area contributed by atoms with E-state index in [9.17, 15) is 14.9 Å². The van der Waals surface area contributed by atoms with E-state index in [1.54, 1.807) is 31.2 Å². The fourth-order valence-corrected chi connectivity index (χ4v) is 1.72. The van der Waals surface area contributed by atoms with Crippen molar-refractivity contribution in [1.29, 1.82) is 0 Å². The molecule has 2 rings (SSSR count). The highest BCUT2D eigenvalue weighted by molar-refractivity contribution is 5.93. The first-order chi connectivity index (χ1) is 10.0. The number of para-hydroxylation sites is 1. The standard InChI is InChI=1S/C13H14N4O4/c1-9(12(18)14-10-6-4-3-5-7-10)16-8-11(17(19)20)13(15-16)21-2/h3-9H,1-2H3,(H,14,18). The Morgan fingerprint density at radius 2 is 2.10 bits per heavy atom. The van der Waals surface area contributed by atoms with Crippen molar-refractivity contribution in [3.8, 4) is 5.88 Å². The molecule has 0 aliphatic rings. The molecule has 0 saturated carbocycles. The molecule has 1 N–H and O–H groups in total. The second kappa shape index (κ2) is 6.04. The Morgan fingerprint density at radius 1 is 1.43 bits per heavy atom. The molecule has 0 aliphatic carbocycles. The van der Waals surface area contributed by atoms with Crippen molar-refractivity contribution < 1.29 is 14.5 Å². The number of rotatable bonds is 5. The molecular formula is C13H14N4O4. The zero-order valence-electron chi connectivity index (χ0n) is 11.5. The summed E-state index contributed by atoms with van der Waals surface area (Å²) >= 11 is 0. The van der Waals surface area contributed by atoms with Crippen molar-refractivity contribution in [2.45, 2.75) is 13.0 Å². The lowest BCUT2D eigenvalue weighted by atomic mass is 10.3. The molecule has 1 aromatic carbocycles. The van der Waals surface area contributed by atoms with Gasteiger partial charge in [-0.05, 0) is 19.1 Å². The number of anilines is 1. The zero-order valence-corrected chi connectivity index (χ0v) is 11.5. The number of nitrogens with one attached hydrogen (secondary N) is 1. The van der Waals surface area contributed by atoms with Crippen LogP contribution in [0.25, 0.3) is 0 Å². The van der Waals surface area contributed by atoms with E-state index in [4.69, 9.17) is 4.74 Å². The van der Waals surface area contributed by atoms with Crippen LogP contribution in [-0.4, -0.2) is 27.7 Å². The van der Waals surface area contributed by atoms with Crippen molar-refractivity contribution >= 4 is 17.3 Å². The Hall–Kier alpha value is -2.90. The molecule has 2 aromatic rings. The van der Waals surface area contributed by atoms with Crippen LogP contribution in [-0.2, 0) is 4.79 Å². The number of carbonyl (C=O) groups is 1. The predicted molar refractivity (Wildman–Crippen MR) is 75.2 cm³/mol. The molecule has 0 fully saturated rings. The SMILES string of the molecule is COc1nn(C(C)C(=O)Nc2ccccc2)cc1[N+](=O)[O-]. The molecule has 8 heteroatoms.